The topological polar surface area (TPSA) is 76.1 Å². The van der Waals surface area contributed by atoms with E-state index in [0.29, 0.717) is 16.9 Å². The molecule has 0 aliphatic carbocycles. The van der Waals surface area contributed by atoms with Gasteiger partial charge in [-0.2, -0.15) is 0 Å². The lowest BCUT2D eigenvalue weighted by molar-refractivity contribution is 0.102. The first-order chi connectivity index (χ1) is 12.9. The zero-order chi connectivity index (χ0) is 19.0. The molecule has 0 bridgehead atoms. The monoisotopic (exact) mass is 396 g/mol. The van der Waals surface area contributed by atoms with E-state index >= 15 is 0 Å². The van der Waals surface area contributed by atoms with Crippen molar-refractivity contribution in [3.05, 3.63) is 65.5 Å². The zero-order valence-corrected chi connectivity index (χ0v) is 16.1. The number of nitrogens with zero attached hydrogens (tertiary/aromatic N) is 1. The maximum absolute atomic E-state index is 12.3. The summed E-state index contributed by atoms with van der Waals surface area (Å²) in [5.74, 6) is -0.225. The lowest BCUT2D eigenvalue weighted by Gasteiger charge is -2.10. The summed E-state index contributed by atoms with van der Waals surface area (Å²) < 4.78 is 23.9. The zero-order valence-electron chi connectivity index (χ0n) is 14.5. The van der Waals surface area contributed by atoms with Crippen molar-refractivity contribution in [1.82, 2.24) is 4.98 Å². The molecule has 0 atom stereocenters. The maximum atomic E-state index is 12.3. The summed E-state index contributed by atoms with van der Waals surface area (Å²) >= 11 is 1.60. The van der Waals surface area contributed by atoms with Gasteiger partial charge < -0.3 is 5.32 Å². The van der Waals surface area contributed by atoms with E-state index in [0.717, 1.165) is 27.4 Å². The Morgan fingerprint density at radius 2 is 1.85 bits per heavy atom. The third-order valence-electron chi connectivity index (χ3n) is 4.15. The standard InChI is InChI=1S/C20H16N2O3S2/c1-27(24,25)12-18(23)13-7-8-15-17(11-13)22-20(16-9-10-26-19(15)16)21-14-5-3-2-4-6-14/h2-11H,12H2,1H3,(H,21,22). The van der Waals surface area contributed by atoms with Gasteiger partial charge in [0.15, 0.2) is 15.6 Å². The van der Waals surface area contributed by atoms with Crippen molar-refractivity contribution < 1.29 is 13.2 Å². The van der Waals surface area contributed by atoms with E-state index in [1.54, 1.807) is 23.5 Å². The number of carbonyl (C=O) groups is 1. The van der Waals surface area contributed by atoms with Crippen molar-refractivity contribution in [2.45, 2.75) is 0 Å². The van der Waals surface area contributed by atoms with Crippen LogP contribution in [0.2, 0.25) is 0 Å². The maximum Gasteiger partial charge on any atom is 0.177 e. The smallest absolute Gasteiger partial charge is 0.177 e. The molecule has 0 saturated heterocycles. The minimum absolute atomic E-state index is 0.349. The molecule has 4 aromatic rings. The van der Waals surface area contributed by atoms with E-state index in [1.807, 2.05) is 47.8 Å². The molecule has 0 saturated carbocycles. The number of Topliss-reactive ketones (excluding diaryl/α,β-unsaturated/α-hetero) is 1. The first-order valence-electron chi connectivity index (χ1n) is 8.25. The molecule has 0 fully saturated rings. The second-order valence-electron chi connectivity index (χ2n) is 6.34. The van der Waals surface area contributed by atoms with E-state index < -0.39 is 21.4 Å². The number of nitrogens with one attached hydrogen (secondary N) is 1. The number of anilines is 2. The molecule has 0 aliphatic heterocycles. The lowest BCUT2D eigenvalue weighted by atomic mass is 10.1. The van der Waals surface area contributed by atoms with Gasteiger partial charge in [-0.05, 0) is 29.6 Å². The molecule has 2 heterocycles. The molecular weight excluding hydrogens is 380 g/mol. The van der Waals surface area contributed by atoms with Crippen LogP contribution in [0.4, 0.5) is 11.5 Å². The number of para-hydroxylation sites is 1. The Kier molecular flexibility index (Phi) is 4.41. The fourth-order valence-electron chi connectivity index (χ4n) is 2.95. The Morgan fingerprint density at radius 1 is 1.07 bits per heavy atom. The summed E-state index contributed by atoms with van der Waals surface area (Å²) in [6.45, 7) is 0. The summed E-state index contributed by atoms with van der Waals surface area (Å²) in [7, 11) is -3.38. The molecule has 0 unspecified atom stereocenters. The first-order valence-corrected chi connectivity index (χ1v) is 11.2. The van der Waals surface area contributed by atoms with Gasteiger partial charge in [-0.15, -0.1) is 11.3 Å². The van der Waals surface area contributed by atoms with E-state index in [4.69, 9.17) is 4.98 Å². The van der Waals surface area contributed by atoms with Crippen LogP contribution in [0.1, 0.15) is 10.4 Å². The fraction of sp³-hybridized carbons (Fsp3) is 0.100. The van der Waals surface area contributed by atoms with Gasteiger partial charge in [0.05, 0.1) is 5.52 Å². The Balaban J connectivity index is 1.83. The van der Waals surface area contributed by atoms with Crippen LogP contribution >= 0.6 is 11.3 Å². The van der Waals surface area contributed by atoms with Crippen molar-refractivity contribution >= 4 is 59.5 Å². The van der Waals surface area contributed by atoms with Crippen LogP contribution in [0, 0.1) is 0 Å². The molecule has 2 aromatic carbocycles. The van der Waals surface area contributed by atoms with Gasteiger partial charge in [-0.3, -0.25) is 4.79 Å². The van der Waals surface area contributed by atoms with E-state index in [9.17, 15) is 13.2 Å². The molecule has 0 aliphatic rings. The summed E-state index contributed by atoms with van der Waals surface area (Å²) in [5, 5.41) is 7.28. The van der Waals surface area contributed by atoms with Gasteiger partial charge in [0.1, 0.15) is 11.6 Å². The van der Waals surface area contributed by atoms with Gasteiger partial charge in [0, 0.05) is 33.0 Å². The summed E-state index contributed by atoms with van der Waals surface area (Å²) in [5.41, 5.74) is 1.92. The Labute approximate surface area is 160 Å². The molecule has 0 amide bonds. The van der Waals surface area contributed by atoms with Gasteiger partial charge in [-0.1, -0.05) is 30.3 Å². The number of fused-ring (bicyclic) bond motifs is 3. The third kappa shape index (κ3) is 3.70. The molecule has 0 radical (unpaired) electrons. The fourth-order valence-corrected chi connectivity index (χ4v) is 4.52. The number of thiophene rings is 1. The molecule has 2 aromatic heterocycles. The summed E-state index contributed by atoms with van der Waals surface area (Å²) in [4.78, 5) is 17.0. The van der Waals surface area contributed by atoms with Crippen molar-refractivity contribution in [2.24, 2.45) is 0 Å². The quantitative estimate of drug-likeness (QED) is 0.505. The van der Waals surface area contributed by atoms with Gasteiger partial charge >= 0.3 is 0 Å². The van der Waals surface area contributed by atoms with Crippen LogP contribution in [-0.2, 0) is 9.84 Å². The number of ketones is 1. The molecule has 5 nitrogen and oxygen atoms in total. The van der Waals surface area contributed by atoms with Crippen molar-refractivity contribution in [2.75, 3.05) is 17.3 Å². The van der Waals surface area contributed by atoms with Crippen LogP contribution < -0.4 is 5.32 Å². The van der Waals surface area contributed by atoms with Crippen LogP contribution in [-0.4, -0.2) is 31.2 Å². The average molecular weight is 396 g/mol. The Morgan fingerprint density at radius 3 is 2.59 bits per heavy atom. The summed E-state index contributed by atoms with van der Waals surface area (Å²) in [6.07, 6.45) is 1.06. The number of benzene rings is 2. The van der Waals surface area contributed by atoms with Crippen LogP contribution in [0.15, 0.2) is 60.0 Å². The molecular formula is C20H16N2O3S2. The van der Waals surface area contributed by atoms with Gasteiger partial charge in [0.25, 0.3) is 0 Å². The van der Waals surface area contributed by atoms with E-state index in [-0.39, 0.29) is 0 Å². The predicted molar refractivity (Wildman–Crippen MR) is 111 cm³/mol. The number of hydrogen-bond acceptors (Lipinski definition) is 6. The van der Waals surface area contributed by atoms with Crippen molar-refractivity contribution in [3.63, 3.8) is 0 Å². The van der Waals surface area contributed by atoms with Crippen molar-refractivity contribution in [1.29, 1.82) is 0 Å². The minimum atomic E-state index is -3.38. The molecule has 1 N–H and O–H groups in total. The highest BCUT2D eigenvalue weighted by atomic mass is 32.2. The van der Waals surface area contributed by atoms with Crippen LogP contribution in [0.3, 0.4) is 0 Å². The van der Waals surface area contributed by atoms with Gasteiger partial charge in [0.2, 0.25) is 0 Å². The number of rotatable bonds is 5. The van der Waals surface area contributed by atoms with Crippen molar-refractivity contribution in [3.8, 4) is 0 Å². The largest absolute Gasteiger partial charge is 0.340 e. The average Bonchev–Trinajstić information content (AvgIpc) is 3.11. The number of carbonyl (C=O) groups excluding carboxylic acids is 1. The number of pyridine rings is 1. The Bertz CT molecular complexity index is 1260. The molecule has 4 rings (SSSR count). The summed E-state index contributed by atoms with van der Waals surface area (Å²) in [6, 6.07) is 16.9. The second kappa shape index (κ2) is 6.75. The molecule has 7 heteroatoms. The highest BCUT2D eigenvalue weighted by Crippen LogP contribution is 2.35. The number of hydrogen-bond donors (Lipinski definition) is 1. The normalized spacial score (nSPS) is 11.7. The Hall–Kier alpha value is -2.77. The lowest BCUT2D eigenvalue weighted by Crippen LogP contribution is -2.14. The van der Waals surface area contributed by atoms with E-state index in [1.165, 1.54) is 0 Å². The molecule has 27 heavy (non-hydrogen) atoms. The number of aromatic nitrogens is 1. The highest BCUT2D eigenvalue weighted by molar-refractivity contribution is 7.91. The second-order valence-corrected chi connectivity index (χ2v) is 9.40. The highest BCUT2D eigenvalue weighted by Gasteiger charge is 2.16. The first kappa shape index (κ1) is 17.6. The molecule has 0 spiro atoms. The predicted octanol–water partition coefficient (Wildman–Crippen LogP) is 4.42. The van der Waals surface area contributed by atoms with Crippen LogP contribution in [0.5, 0.6) is 0 Å². The SMILES string of the molecule is CS(=O)(=O)CC(=O)c1ccc2c(c1)nc(Nc1ccccc1)c1ccsc12. The van der Waals surface area contributed by atoms with E-state index in [2.05, 4.69) is 5.32 Å². The molecule has 136 valence electrons. The third-order valence-corrected chi connectivity index (χ3v) is 5.88. The van der Waals surface area contributed by atoms with Gasteiger partial charge in [-0.25, -0.2) is 13.4 Å². The number of sulfone groups is 1. The van der Waals surface area contributed by atoms with Crippen LogP contribution in [0.25, 0.3) is 21.0 Å². The minimum Gasteiger partial charge on any atom is -0.340 e.